The van der Waals surface area contributed by atoms with Crippen LogP contribution in [-0.4, -0.2) is 17.3 Å². The monoisotopic (exact) mass is 283 g/mol. The molecule has 21 heavy (non-hydrogen) atoms. The van der Waals surface area contributed by atoms with Crippen molar-refractivity contribution < 1.29 is 9.13 Å². The molecule has 0 aliphatic rings. The number of nitrogen functional groups attached to an aromatic ring is 1. The number of nitrogens with two attached hydrogens (primary N) is 1. The van der Waals surface area contributed by atoms with Crippen LogP contribution in [0.15, 0.2) is 48.5 Å². The fourth-order valence-corrected chi connectivity index (χ4v) is 2.25. The molecule has 0 saturated carbocycles. The van der Waals surface area contributed by atoms with E-state index in [0.717, 1.165) is 28.1 Å². The van der Waals surface area contributed by atoms with Crippen LogP contribution in [0.5, 0.6) is 5.75 Å². The Kier molecular flexibility index (Phi) is 3.31. The smallest absolute Gasteiger partial charge is 0.153 e. The summed E-state index contributed by atoms with van der Waals surface area (Å²) in [6.45, 7) is 0. The number of H-pyrrole nitrogens is 1. The van der Waals surface area contributed by atoms with E-state index in [1.807, 2.05) is 24.3 Å². The number of benzene rings is 2. The zero-order valence-corrected chi connectivity index (χ0v) is 11.4. The van der Waals surface area contributed by atoms with Crippen LogP contribution < -0.4 is 10.5 Å². The fraction of sp³-hybridized carbons (Fsp3) is 0.0625. The highest BCUT2D eigenvalue weighted by atomic mass is 19.1. The SMILES string of the molecule is COc1cccc(-c2c(N)n[nH]c2-c2ccc(F)cc2)c1. The molecule has 0 radical (unpaired) electrons. The minimum atomic E-state index is -0.283. The van der Waals surface area contributed by atoms with E-state index in [4.69, 9.17) is 10.5 Å². The molecule has 4 nitrogen and oxygen atoms in total. The van der Waals surface area contributed by atoms with Crippen molar-refractivity contribution in [3.63, 3.8) is 0 Å². The lowest BCUT2D eigenvalue weighted by Gasteiger charge is -2.07. The number of hydrogen-bond acceptors (Lipinski definition) is 3. The van der Waals surface area contributed by atoms with Gasteiger partial charge in [0, 0.05) is 5.56 Å². The molecule has 5 heteroatoms. The summed E-state index contributed by atoms with van der Waals surface area (Å²) in [5.41, 5.74) is 9.21. The topological polar surface area (TPSA) is 63.9 Å². The van der Waals surface area contributed by atoms with Gasteiger partial charge in [0.15, 0.2) is 5.82 Å². The van der Waals surface area contributed by atoms with E-state index in [1.165, 1.54) is 12.1 Å². The first kappa shape index (κ1) is 13.2. The zero-order valence-electron chi connectivity index (χ0n) is 11.4. The van der Waals surface area contributed by atoms with Crippen LogP contribution in [-0.2, 0) is 0 Å². The van der Waals surface area contributed by atoms with Gasteiger partial charge in [-0.1, -0.05) is 12.1 Å². The molecule has 0 aliphatic heterocycles. The van der Waals surface area contributed by atoms with E-state index in [2.05, 4.69) is 10.2 Å². The van der Waals surface area contributed by atoms with Gasteiger partial charge in [0.05, 0.1) is 18.4 Å². The Morgan fingerprint density at radius 1 is 1.10 bits per heavy atom. The van der Waals surface area contributed by atoms with Gasteiger partial charge >= 0.3 is 0 Å². The molecule has 0 saturated heterocycles. The molecule has 0 bridgehead atoms. The van der Waals surface area contributed by atoms with Gasteiger partial charge in [-0.25, -0.2) is 4.39 Å². The Hall–Kier alpha value is -2.82. The number of nitrogens with zero attached hydrogens (tertiary/aromatic N) is 1. The van der Waals surface area contributed by atoms with Gasteiger partial charge in [0.25, 0.3) is 0 Å². The Balaban J connectivity index is 2.14. The van der Waals surface area contributed by atoms with Gasteiger partial charge in [-0.15, -0.1) is 0 Å². The normalized spacial score (nSPS) is 10.6. The third-order valence-corrected chi connectivity index (χ3v) is 3.29. The Bertz CT molecular complexity index is 765. The number of anilines is 1. The molecule has 0 amide bonds. The fourth-order valence-electron chi connectivity index (χ4n) is 2.25. The molecule has 3 aromatic rings. The number of aromatic nitrogens is 2. The second-order valence-electron chi connectivity index (χ2n) is 4.60. The van der Waals surface area contributed by atoms with Gasteiger partial charge in [-0.2, -0.15) is 5.10 Å². The molecule has 0 atom stereocenters. The lowest BCUT2D eigenvalue weighted by molar-refractivity contribution is 0.415. The highest BCUT2D eigenvalue weighted by Crippen LogP contribution is 2.35. The van der Waals surface area contributed by atoms with E-state index in [9.17, 15) is 4.39 Å². The molecular weight excluding hydrogens is 269 g/mol. The summed E-state index contributed by atoms with van der Waals surface area (Å²) in [5, 5.41) is 6.97. The van der Waals surface area contributed by atoms with E-state index >= 15 is 0 Å². The predicted octanol–water partition coefficient (Wildman–Crippen LogP) is 3.47. The second kappa shape index (κ2) is 5.28. The molecule has 0 spiro atoms. The Morgan fingerprint density at radius 2 is 1.86 bits per heavy atom. The third kappa shape index (κ3) is 2.45. The summed E-state index contributed by atoms with van der Waals surface area (Å²) in [6, 6.07) is 13.7. The lowest BCUT2D eigenvalue weighted by Crippen LogP contribution is -1.90. The number of ether oxygens (including phenoxy) is 1. The average Bonchev–Trinajstić information content (AvgIpc) is 2.90. The zero-order chi connectivity index (χ0) is 14.8. The van der Waals surface area contributed by atoms with Gasteiger partial charge in [0.1, 0.15) is 11.6 Å². The van der Waals surface area contributed by atoms with Crippen molar-refractivity contribution in [3.05, 3.63) is 54.3 Å². The van der Waals surface area contributed by atoms with Crippen LogP contribution in [0, 0.1) is 5.82 Å². The predicted molar refractivity (Wildman–Crippen MR) is 80.4 cm³/mol. The molecule has 3 N–H and O–H groups in total. The molecule has 2 aromatic carbocycles. The minimum absolute atomic E-state index is 0.283. The third-order valence-electron chi connectivity index (χ3n) is 3.29. The molecule has 0 unspecified atom stereocenters. The summed E-state index contributed by atoms with van der Waals surface area (Å²) >= 11 is 0. The van der Waals surface area contributed by atoms with Crippen LogP contribution in [0.3, 0.4) is 0 Å². The van der Waals surface area contributed by atoms with Crippen molar-refractivity contribution in [2.75, 3.05) is 12.8 Å². The van der Waals surface area contributed by atoms with Crippen LogP contribution >= 0.6 is 0 Å². The van der Waals surface area contributed by atoms with Crippen molar-refractivity contribution in [3.8, 4) is 28.1 Å². The molecule has 1 aromatic heterocycles. The first-order valence-corrected chi connectivity index (χ1v) is 6.43. The van der Waals surface area contributed by atoms with Crippen molar-refractivity contribution >= 4 is 5.82 Å². The van der Waals surface area contributed by atoms with Gasteiger partial charge in [0.2, 0.25) is 0 Å². The first-order valence-electron chi connectivity index (χ1n) is 6.43. The highest BCUT2D eigenvalue weighted by Gasteiger charge is 2.15. The van der Waals surface area contributed by atoms with Crippen LogP contribution in [0.2, 0.25) is 0 Å². The molecule has 0 fully saturated rings. The highest BCUT2D eigenvalue weighted by molar-refractivity contribution is 5.88. The quantitative estimate of drug-likeness (QED) is 0.773. The largest absolute Gasteiger partial charge is 0.497 e. The molecular formula is C16H14FN3O. The van der Waals surface area contributed by atoms with Gasteiger partial charge in [-0.3, -0.25) is 5.10 Å². The van der Waals surface area contributed by atoms with Crippen LogP contribution in [0.4, 0.5) is 10.2 Å². The van der Waals surface area contributed by atoms with E-state index in [1.54, 1.807) is 19.2 Å². The Morgan fingerprint density at radius 3 is 2.57 bits per heavy atom. The summed E-state index contributed by atoms with van der Waals surface area (Å²) in [5.74, 6) is 0.843. The summed E-state index contributed by atoms with van der Waals surface area (Å²) in [6.07, 6.45) is 0. The molecule has 0 aliphatic carbocycles. The summed E-state index contributed by atoms with van der Waals surface area (Å²) in [7, 11) is 1.61. The first-order chi connectivity index (χ1) is 10.2. The van der Waals surface area contributed by atoms with Crippen molar-refractivity contribution in [2.45, 2.75) is 0 Å². The maximum atomic E-state index is 13.1. The Labute approximate surface area is 121 Å². The van der Waals surface area contributed by atoms with Gasteiger partial charge in [-0.05, 0) is 42.0 Å². The van der Waals surface area contributed by atoms with Crippen molar-refractivity contribution in [1.82, 2.24) is 10.2 Å². The van der Waals surface area contributed by atoms with Gasteiger partial charge < -0.3 is 10.5 Å². The number of halogens is 1. The number of rotatable bonds is 3. The maximum absolute atomic E-state index is 13.1. The standard InChI is InChI=1S/C16H14FN3O/c1-21-13-4-2-3-11(9-13)14-15(19-20-16(14)18)10-5-7-12(17)8-6-10/h2-9H,1H3,(H3,18,19,20). The van der Waals surface area contributed by atoms with Crippen LogP contribution in [0.25, 0.3) is 22.4 Å². The molecule has 3 rings (SSSR count). The van der Waals surface area contributed by atoms with Crippen LogP contribution in [0.1, 0.15) is 0 Å². The molecule has 1 heterocycles. The van der Waals surface area contributed by atoms with E-state index in [-0.39, 0.29) is 5.82 Å². The second-order valence-corrected chi connectivity index (χ2v) is 4.60. The summed E-state index contributed by atoms with van der Waals surface area (Å²) in [4.78, 5) is 0. The maximum Gasteiger partial charge on any atom is 0.153 e. The van der Waals surface area contributed by atoms with E-state index < -0.39 is 0 Å². The minimum Gasteiger partial charge on any atom is -0.497 e. The number of aromatic amines is 1. The van der Waals surface area contributed by atoms with E-state index in [0.29, 0.717) is 5.82 Å². The number of nitrogens with one attached hydrogen (secondary N) is 1. The summed E-state index contributed by atoms with van der Waals surface area (Å²) < 4.78 is 18.3. The lowest BCUT2D eigenvalue weighted by atomic mass is 10.0. The number of hydrogen-bond donors (Lipinski definition) is 2. The van der Waals surface area contributed by atoms with Crippen molar-refractivity contribution in [2.24, 2.45) is 0 Å². The number of methoxy groups -OCH3 is 1. The van der Waals surface area contributed by atoms with Crippen molar-refractivity contribution in [1.29, 1.82) is 0 Å². The molecule has 106 valence electrons. The average molecular weight is 283 g/mol.